The first kappa shape index (κ1) is 15.4. The third-order valence-electron chi connectivity index (χ3n) is 2.52. The Bertz CT molecular complexity index is 148. The van der Waals surface area contributed by atoms with Crippen molar-refractivity contribution < 1.29 is 0 Å². The van der Waals surface area contributed by atoms with E-state index in [0.29, 0.717) is 0 Å². The molecule has 0 atom stereocenters. The van der Waals surface area contributed by atoms with E-state index in [2.05, 4.69) is 65.5 Å². The summed E-state index contributed by atoms with van der Waals surface area (Å²) in [4.78, 5) is 0. The maximum absolute atomic E-state index is 2.36. The monoisotopic (exact) mass is 201 g/mol. The predicted octanol–water partition coefficient (Wildman–Crippen LogP) is 3.67. The van der Waals surface area contributed by atoms with Crippen molar-refractivity contribution in [2.75, 3.05) is 14.1 Å². The molecule has 0 unspecified atom stereocenters. The predicted molar refractivity (Wildman–Crippen MR) is 66.6 cm³/mol. The van der Waals surface area contributed by atoms with E-state index in [1.165, 1.54) is 6.42 Å². The van der Waals surface area contributed by atoms with Gasteiger partial charge in [0, 0.05) is 0 Å². The summed E-state index contributed by atoms with van der Waals surface area (Å²) < 4.78 is 2.36. The average Bonchev–Trinajstić information content (AvgIpc) is 2.04. The van der Waals surface area contributed by atoms with Crippen LogP contribution in [-0.2, 0) is 0 Å². The Morgan fingerprint density at radius 3 is 1.62 bits per heavy atom. The highest BCUT2D eigenvalue weighted by molar-refractivity contribution is 6.81. The fraction of sp³-hybridized carbons (Fsp3) is 0.818. The van der Waals surface area contributed by atoms with Gasteiger partial charge in [0.25, 0.3) is 0 Å². The molecule has 0 aliphatic heterocycles. The molecule has 13 heavy (non-hydrogen) atoms. The molecule has 0 amide bonds. The molecule has 0 saturated heterocycles. The first-order valence-electron chi connectivity index (χ1n) is 5.15. The summed E-state index contributed by atoms with van der Waals surface area (Å²) >= 11 is 0. The highest BCUT2D eigenvalue weighted by Gasteiger charge is 2.24. The molecule has 0 aromatic rings. The van der Waals surface area contributed by atoms with Gasteiger partial charge in [-0.25, -0.2) is 0 Å². The van der Waals surface area contributed by atoms with E-state index in [0.717, 1.165) is 0 Å². The number of nitrogens with zero attached hydrogens (tertiary/aromatic N) is 1. The Labute approximate surface area is 85.9 Å². The summed E-state index contributed by atoms with van der Waals surface area (Å²) in [6.45, 7) is 13.3. The van der Waals surface area contributed by atoms with Crippen molar-refractivity contribution in [1.29, 1.82) is 0 Å². The summed E-state index contributed by atoms with van der Waals surface area (Å²) in [5.74, 6) is 0. The second-order valence-corrected chi connectivity index (χ2v) is 8.93. The van der Waals surface area contributed by atoms with Gasteiger partial charge in [-0.3, -0.25) is 0 Å². The molecule has 0 fully saturated rings. The largest absolute Gasteiger partial charge is 0.326 e. The summed E-state index contributed by atoms with van der Waals surface area (Å²) in [5, 5.41) is 1.55. The molecule has 0 aromatic carbocycles. The Balaban J connectivity index is 0. The van der Waals surface area contributed by atoms with Gasteiger partial charge in [0.2, 0.25) is 0 Å². The van der Waals surface area contributed by atoms with E-state index in [1.54, 1.807) is 5.20 Å². The van der Waals surface area contributed by atoms with Gasteiger partial charge in [0.05, 0.1) is 0 Å². The lowest BCUT2D eigenvalue weighted by Gasteiger charge is -2.31. The second kappa shape index (κ2) is 7.33. The highest BCUT2D eigenvalue weighted by atomic mass is 28.3. The van der Waals surface area contributed by atoms with Crippen LogP contribution in [0.5, 0.6) is 0 Å². The van der Waals surface area contributed by atoms with Crippen LogP contribution < -0.4 is 0 Å². The van der Waals surface area contributed by atoms with Gasteiger partial charge < -0.3 is 4.57 Å². The number of allylic oxidation sites excluding steroid dienone is 2. The molecule has 80 valence electrons. The fourth-order valence-corrected chi connectivity index (χ4v) is 2.12. The van der Waals surface area contributed by atoms with Crippen LogP contribution in [0.15, 0.2) is 11.3 Å². The maximum atomic E-state index is 2.36. The number of rotatable bonds is 2. The molecule has 0 radical (unpaired) electrons. The molecule has 0 bridgehead atoms. The van der Waals surface area contributed by atoms with Gasteiger partial charge in [0.1, 0.15) is 8.24 Å². The summed E-state index contributed by atoms with van der Waals surface area (Å²) in [6.07, 6.45) is 3.48. The van der Waals surface area contributed by atoms with E-state index in [-0.39, 0.29) is 0 Å². The molecule has 0 rings (SSSR count). The second-order valence-electron chi connectivity index (χ2n) is 4.13. The number of hydrogen-bond acceptors (Lipinski definition) is 1. The smallest absolute Gasteiger partial charge is 0.149 e. The zero-order valence-electron chi connectivity index (χ0n) is 10.7. The first-order chi connectivity index (χ1) is 5.84. The minimum Gasteiger partial charge on any atom is -0.326 e. The van der Waals surface area contributed by atoms with Crippen LogP contribution in [0.1, 0.15) is 34.1 Å². The molecular weight excluding hydrogens is 174 g/mol. The van der Waals surface area contributed by atoms with E-state index < -0.39 is 8.24 Å². The van der Waals surface area contributed by atoms with Gasteiger partial charge in [0.15, 0.2) is 0 Å². The maximum Gasteiger partial charge on any atom is 0.149 e. The Morgan fingerprint density at radius 1 is 1.23 bits per heavy atom. The Morgan fingerprint density at radius 2 is 1.54 bits per heavy atom. The van der Waals surface area contributed by atoms with Crippen molar-refractivity contribution in [3.63, 3.8) is 0 Å². The molecule has 1 nitrogen and oxygen atoms in total. The van der Waals surface area contributed by atoms with Crippen LogP contribution in [-0.4, -0.2) is 26.9 Å². The van der Waals surface area contributed by atoms with Crippen LogP contribution >= 0.6 is 0 Å². The zero-order valence-corrected chi connectivity index (χ0v) is 11.7. The topological polar surface area (TPSA) is 3.24 Å². The van der Waals surface area contributed by atoms with Crippen molar-refractivity contribution in [3.8, 4) is 0 Å². The van der Waals surface area contributed by atoms with Crippen molar-refractivity contribution in [2.24, 2.45) is 0 Å². The van der Waals surface area contributed by atoms with Crippen LogP contribution in [0.3, 0.4) is 0 Å². The molecule has 0 N–H and O–H groups in total. The molecule has 0 spiro atoms. The first-order valence-corrected chi connectivity index (χ1v) is 8.10. The molecule has 2 heteroatoms. The quantitative estimate of drug-likeness (QED) is 0.616. The lowest BCUT2D eigenvalue weighted by molar-refractivity contribution is 0.628. The molecule has 0 heterocycles. The number of hydrogen-bond donors (Lipinski definition) is 0. The lowest BCUT2D eigenvalue weighted by Crippen LogP contribution is -2.44. The minimum atomic E-state index is -1.19. The van der Waals surface area contributed by atoms with Crippen molar-refractivity contribution >= 4 is 8.24 Å². The molecule has 0 aromatic heterocycles. The fourth-order valence-electron chi connectivity index (χ4n) is 0.706. The average molecular weight is 201 g/mol. The third-order valence-corrected chi connectivity index (χ3v) is 6.97. The molecule has 0 saturated carbocycles. The highest BCUT2D eigenvalue weighted by Crippen LogP contribution is 2.15. The SMILES string of the molecule is C/C=C(\C)[Si](C)(C)N(C)C.CCC. The van der Waals surface area contributed by atoms with E-state index >= 15 is 0 Å². The van der Waals surface area contributed by atoms with Crippen molar-refractivity contribution in [2.45, 2.75) is 47.2 Å². The van der Waals surface area contributed by atoms with Crippen LogP contribution in [0.4, 0.5) is 0 Å². The summed E-state index contributed by atoms with van der Waals surface area (Å²) in [5.41, 5.74) is 0. The molecule has 0 aliphatic rings. The van der Waals surface area contributed by atoms with Crippen molar-refractivity contribution in [1.82, 2.24) is 4.57 Å². The minimum absolute atomic E-state index is 1.19. The van der Waals surface area contributed by atoms with Gasteiger partial charge in [-0.15, -0.1) is 0 Å². The third kappa shape index (κ3) is 6.05. The van der Waals surface area contributed by atoms with Gasteiger partial charge in [-0.05, 0) is 27.9 Å². The normalized spacial score (nSPS) is 12.5. The lowest BCUT2D eigenvalue weighted by atomic mass is 10.6. The van der Waals surface area contributed by atoms with Crippen LogP contribution in [0.2, 0.25) is 13.1 Å². The van der Waals surface area contributed by atoms with Crippen molar-refractivity contribution in [3.05, 3.63) is 11.3 Å². The van der Waals surface area contributed by atoms with Crippen LogP contribution in [0.25, 0.3) is 0 Å². The van der Waals surface area contributed by atoms with E-state index in [9.17, 15) is 0 Å². The molecule has 0 aliphatic carbocycles. The molecular formula is C11H27NSi. The standard InChI is InChI=1S/C8H19NSi.C3H8/c1-7-8(2)10(5,6)9(3)4;1-3-2/h7H,1-6H3;3H2,1-2H3/b8-7+;. The van der Waals surface area contributed by atoms with E-state index in [4.69, 9.17) is 0 Å². The summed E-state index contributed by atoms with van der Waals surface area (Å²) in [6, 6.07) is 0. The zero-order chi connectivity index (χ0) is 11.1. The van der Waals surface area contributed by atoms with Gasteiger partial charge in [-0.1, -0.05) is 44.6 Å². The van der Waals surface area contributed by atoms with Gasteiger partial charge in [-0.2, -0.15) is 0 Å². The Kier molecular flexibility index (Phi) is 8.68. The van der Waals surface area contributed by atoms with Crippen LogP contribution in [0, 0.1) is 0 Å². The van der Waals surface area contributed by atoms with Gasteiger partial charge >= 0.3 is 0 Å². The Hall–Kier alpha value is -0.0831. The van der Waals surface area contributed by atoms with E-state index in [1.807, 2.05) is 0 Å². The summed E-state index contributed by atoms with van der Waals surface area (Å²) in [7, 11) is 3.14.